The number of benzene rings is 3. The minimum Gasteiger partial charge on any atom is -0.454 e. The lowest BCUT2D eigenvalue weighted by molar-refractivity contribution is 0.276. The molecule has 572 valence electrons. The third-order valence-corrected chi connectivity index (χ3v) is 24.1. The van der Waals surface area contributed by atoms with Gasteiger partial charge in [0, 0.05) is 160 Å². The Kier molecular flexibility index (Phi) is 20.7. The summed E-state index contributed by atoms with van der Waals surface area (Å²) in [5.74, 6) is 8.50. The van der Waals surface area contributed by atoms with Crippen molar-refractivity contribution in [2.24, 2.45) is 0 Å². The number of alkyl halides is 4. The lowest BCUT2D eigenvalue weighted by atomic mass is 10.1. The van der Waals surface area contributed by atoms with Crippen molar-refractivity contribution in [1.29, 1.82) is 0 Å². The Morgan fingerprint density at radius 2 is 0.770 bits per heavy atom. The van der Waals surface area contributed by atoms with Gasteiger partial charge in [-0.3, -0.25) is 22.0 Å². The maximum Gasteiger partial charge on any atom is 0.236 e. The molecule has 15 aromatic heterocycles. The molecule has 22 rings (SSSR count). The number of hydrogen-bond donors (Lipinski definition) is 0. The maximum absolute atomic E-state index is 13.3. The van der Waals surface area contributed by atoms with Gasteiger partial charge in [0.25, 0.3) is 0 Å². The summed E-state index contributed by atoms with van der Waals surface area (Å²) in [7, 11) is 3.95. The van der Waals surface area contributed by atoms with E-state index in [0.29, 0.717) is 114 Å². The quantitative estimate of drug-likeness (QED) is 0.117. The standard InChI is InChI=1S/C19H17FN4O.C19H17FN4S.C18H16FN5S.C15H15FN4S.C12H12N4S/c2*20-14-5-8-23(9-6-14)18-7-10-24-12-15(21-19(24)22-18)17-11-13-3-1-2-4-16(13)25-17;19-12-5-8-23(9-6-12)16-7-10-24-11-14(21-18(24)22-16)17-20-13-3-1-2-4-15(13)25-17;16-12-1-5-19(6-2-12)14-3-7-20-9-13(17-15(20)18-14)11-4-8-21-10-11;1-15(2)11-3-5-16-7-10(13-12(16)14-11)9-4-6-17-8-9/h2*1-4,7,10-12,14H,5-6,8-9H2;1-4,7,10-12H,5-6,8-9H2;3-4,7-10,12H,1-2,5-6H2;3-8H,1-2H3. The molecule has 0 radical (unpaired) electrons. The average molecular weight is 1590 g/mol. The largest absolute Gasteiger partial charge is 0.454 e. The first-order valence-corrected chi connectivity index (χ1v) is 41.2. The number of piperidine rings is 4. The summed E-state index contributed by atoms with van der Waals surface area (Å²) in [6, 6.07) is 42.5. The molecule has 0 saturated carbocycles. The van der Waals surface area contributed by atoms with Gasteiger partial charge in [-0.15, -0.1) is 22.7 Å². The highest BCUT2D eigenvalue weighted by atomic mass is 32.1. The van der Waals surface area contributed by atoms with Gasteiger partial charge < -0.3 is 28.9 Å². The molecule has 4 aliphatic heterocycles. The van der Waals surface area contributed by atoms with Gasteiger partial charge in [-0.2, -0.15) is 47.6 Å². The molecule has 4 saturated heterocycles. The molecule has 4 aliphatic rings. The highest BCUT2D eigenvalue weighted by Gasteiger charge is 2.26. The van der Waals surface area contributed by atoms with E-state index in [2.05, 4.69) is 134 Å². The fraction of sp³-hybridized carbons (Fsp3) is 0.265. The summed E-state index contributed by atoms with van der Waals surface area (Å²) in [5.41, 5.74) is 8.51. The molecule has 0 atom stereocenters. The number of fused-ring (bicyclic) bond motifs is 8. The molecule has 0 amide bonds. The lowest BCUT2D eigenvalue weighted by Crippen LogP contribution is -2.34. The monoisotopic (exact) mass is 1590 g/mol. The van der Waals surface area contributed by atoms with Gasteiger partial charge in [0.1, 0.15) is 81.4 Å². The second-order valence-electron chi connectivity index (χ2n) is 28.4. The van der Waals surface area contributed by atoms with Crippen molar-refractivity contribution in [3.8, 4) is 55.2 Å². The van der Waals surface area contributed by atoms with Crippen LogP contribution in [0.3, 0.4) is 0 Å². The normalized spacial score (nSPS) is 15.5. The predicted molar refractivity (Wildman–Crippen MR) is 446 cm³/mol. The fourth-order valence-corrected chi connectivity index (χ4v) is 17.5. The minimum atomic E-state index is -0.689. The van der Waals surface area contributed by atoms with Crippen LogP contribution in [-0.2, 0) is 0 Å². The van der Waals surface area contributed by atoms with Gasteiger partial charge in [-0.05, 0) is 146 Å². The number of para-hydroxylation sites is 2. The van der Waals surface area contributed by atoms with Crippen molar-refractivity contribution in [2.45, 2.75) is 76.1 Å². The number of thiazole rings is 1. The van der Waals surface area contributed by atoms with Crippen LogP contribution in [0.2, 0.25) is 0 Å². The second kappa shape index (κ2) is 32.2. The van der Waals surface area contributed by atoms with E-state index >= 15 is 0 Å². The topological polar surface area (TPSA) is 193 Å². The Hall–Kier alpha value is -11.7. The van der Waals surface area contributed by atoms with Crippen LogP contribution < -0.4 is 24.5 Å². The highest BCUT2D eigenvalue weighted by Crippen LogP contribution is 2.36. The van der Waals surface area contributed by atoms with Crippen molar-refractivity contribution in [2.75, 3.05) is 91.0 Å². The average Bonchev–Trinajstić information content (AvgIpc) is 1.67. The van der Waals surface area contributed by atoms with Gasteiger partial charge in [-0.1, -0.05) is 48.5 Å². The van der Waals surface area contributed by atoms with Crippen LogP contribution in [0.1, 0.15) is 51.4 Å². The third-order valence-electron chi connectivity index (χ3n) is 20.5. The summed E-state index contributed by atoms with van der Waals surface area (Å²) >= 11 is 6.71. The molecule has 0 spiro atoms. The van der Waals surface area contributed by atoms with Gasteiger partial charge >= 0.3 is 0 Å². The molecule has 30 heteroatoms. The van der Waals surface area contributed by atoms with Crippen LogP contribution in [-0.4, -0.2) is 168 Å². The summed E-state index contributed by atoms with van der Waals surface area (Å²) < 4.78 is 71.1. The first kappa shape index (κ1) is 72.8. The highest BCUT2D eigenvalue weighted by molar-refractivity contribution is 7.22. The number of anilines is 5. The second-order valence-corrected chi connectivity index (χ2v) is 32.1. The Morgan fingerprint density at radius 1 is 0.372 bits per heavy atom. The minimum absolute atomic E-state index is 0.561. The van der Waals surface area contributed by atoms with Gasteiger partial charge in [0.15, 0.2) is 5.76 Å². The SMILES string of the molecule is CN(C)c1ccn2cc(-c3ccsc3)nc2n1.FC1CCN(c2ccn3cc(-c4cc5ccccc5o4)nc3n2)CC1.FC1CCN(c2ccn3cc(-c4cc5ccccc5s4)nc3n2)CC1.FC1CCN(c2ccn3cc(-c4ccsc4)nc3n2)CC1.FC1CCN(c2ccn3cc(-c4nc5ccccc5s4)nc3n2)CC1. The Bertz CT molecular complexity index is 5770. The molecule has 0 aliphatic carbocycles. The first-order chi connectivity index (χ1) is 55.3. The zero-order valence-electron chi connectivity index (χ0n) is 61.8. The number of halogens is 4. The summed E-state index contributed by atoms with van der Waals surface area (Å²) in [4.78, 5) is 62.5. The number of imidazole rings is 5. The van der Waals surface area contributed by atoms with E-state index in [1.54, 1.807) is 45.3 Å². The molecule has 113 heavy (non-hydrogen) atoms. The zero-order valence-corrected chi connectivity index (χ0v) is 65.0. The number of aromatic nitrogens is 16. The first-order valence-electron chi connectivity index (χ1n) is 37.7. The molecule has 3 aromatic carbocycles. The molecular weight excluding hydrogens is 1510 g/mol. The maximum atomic E-state index is 13.3. The zero-order chi connectivity index (χ0) is 76.5. The molecule has 22 nitrogen and oxygen atoms in total. The summed E-state index contributed by atoms with van der Waals surface area (Å²) in [5, 5.41) is 11.5. The Labute approximate surface area is 662 Å². The molecular formula is C83H77F4N21OS4. The van der Waals surface area contributed by atoms with Crippen LogP contribution in [0.25, 0.3) is 115 Å². The van der Waals surface area contributed by atoms with E-state index in [0.717, 1.165) is 124 Å². The molecule has 4 fully saturated rings. The van der Waals surface area contributed by atoms with E-state index in [1.807, 2.05) is 187 Å². The number of hydrogen-bond acceptors (Lipinski definition) is 21. The van der Waals surface area contributed by atoms with E-state index in [4.69, 9.17) is 9.40 Å². The Balaban J connectivity index is 0.0000000990. The number of nitrogens with zero attached hydrogens (tertiary/aromatic N) is 21. The molecule has 18 aromatic rings. The summed E-state index contributed by atoms with van der Waals surface area (Å²) in [6.07, 6.45) is 21.6. The third kappa shape index (κ3) is 16.2. The van der Waals surface area contributed by atoms with Gasteiger partial charge in [-0.25, -0.2) is 47.5 Å². The van der Waals surface area contributed by atoms with E-state index in [-0.39, 0.29) is 0 Å². The fourth-order valence-electron chi connectivity index (χ4n) is 14.2. The van der Waals surface area contributed by atoms with Crippen LogP contribution >= 0.6 is 45.3 Å². The molecule has 19 heterocycles. The van der Waals surface area contributed by atoms with E-state index < -0.39 is 24.7 Å². The van der Waals surface area contributed by atoms with Crippen LogP contribution in [0, 0.1) is 0 Å². The molecule has 0 unspecified atom stereocenters. The van der Waals surface area contributed by atoms with E-state index in [9.17, 15) is 17.6 Å². The van der Waals surface area contributed by atoms with Crippen LogP contribution in [0.4, 0.5) is 46.7 Å². The molecule has 0 bridgehead atoms. The predicted octanol–water partition coefficient (Wildman–Crippen LogP) is 18.5. The van der Waals surface area contributed by atoms with E-state index in [1.165, 1.54) is 10.1 Å². The van der Waals surface area contributed by atoms with Crippen LogP contribution in [0.5, 0.6) is 0 Å². The number of rotatable bonds is 10. The van der Waals surface area contributed by atoms with Crippen molar-refractivity contribution in [3.63, 3.8) is 0 Å². The van der Waals surface area contributed by atoms with Crippen LogP contribution in [0.15, 0.2) is 215 Å². The van der Waals surface area contributed by atoms with Crippen molar-refractivity contribution < 1.29 is 22.0 Å². The number of thiophene rings is 3. The molecule has 0 N–H and O–H groups in total. The van der Waals surface area contributed by atoms with Crippen molar-refractivity contribution >= 4 is 135 Å². The summed E-state index contributed by atoms with van der Waals surface area (Å²) in [6.45, 7) is 5.68. The van der Waals surface area contributed by atoms with Gasteiger partial charge in [0.05, 0.1) is 26.5 Å². The van der Waals surface area contributed by atoms with Crippen molar-refractivity contribution in [3.05, 3.63) is 211 Å². The Morgan fingerprint density at radius 3 is 1.23 bits per heavy atom. The lowest BCUT2D eigenvalue weighted by Gasteiger charge is -2.29. The smallest absolute Gasteiger partial charge is 0.236 e. The van der Waals surface area contributed by atoms with Gasteiger partial charge in [0.2, 0.25) is 28.9 Å². The van der Waals surface area contributed by atoms with Crippen molar-refractivity contribution in [1.82, 2.24) is 76.8 Å². The number of furan rings is 1.